The number of piperazine rings is 1. The molecule has 1 saturated carbocycles. The second-order valence-corrected chi connectivity index (χ2v) is 6.55. The summed E-state index contributed by atoms with van der Waals surface area (Å²) in [7, 11) is 2.33. The molecule has 4 bridgehead atoms. The Morgan fingerprint density at radius 1 is 1.19 bits per heavy atom. The second-order valence-electron chi connectivity index (χ2n) is 6.55. The Balaban J connectivity index is 1.41. The number of nitrogens with one attached hydrogen (secondary N) is 1. The lowest BCUT2D eigenvalue weighted by atomic mass is 9.97. The summed E-state index contributed by atoms with van der Waals surface area (Å²) in [5.41, 5.74) is 0. The van der Waals surface area contributed by atoms with Gasteiger partial charge in [0.15, 0.2) is 0 Å². The van der Waals surface area contributed by atoms with Crippen LogP contribution in [0, 0.1) is 11.8 Å². The molecule has 1 aliphatic carbocycles. The molecule has 0 amide bonds. The van der Waals surface area contributed by atoms with Gasteiger partial charge < -0.3 is 10.2 Å². The average molecular weight is 221 g/mol. The maximum absolute atomic E-state index is 3.60. The average Bonchev–Trinajstić information content (AvgIpc) is 2.95. The summed E-state index contributed by atoms with van der Waals surface area (Å²) in [5.74, 6) is 2.00. The molecular weight excluding hydrogens is 198 g/mol. The molecule has 4 fully saturated rings. The standard InChI is InChI=1S/C13H23N3/c1-15-6-9-2-10(13(15)3-9)7-16-8-11-4-12(16)5-14-11/h9-14H,2-8H2,1H3. The van der Waals surface area contributed by atoms with E-state index in [0.29, 0.717) is 0 Å². The Kier molecular flexibility index (Phi) is 2.12. The predicted octanol–water partition coefficient (Wildman–Crippen LogP) is 0.373. The van der Waals surface area contributed by atoms with Crippen molar-refractivity contribution >= 4 is 0 Å². The van der Waals surface area contributed by atoms with Gasteiger partial charge in [-0.3, -0.25) is 4.90 Å². The molecule has 5 atom stereocenters. The normalized spacial score (nSPS) is 51.9. The van der Waals surface area contributed by atoms with Crippen molar-refractivity contribution < 1.29 is 0 Å². The molecule has 3 nitrogen and oxygen atoms in total. The van der Waals surface area contributed by atoms with Crippen LogP contribution in [0.3, 0.4) is 0 Å². The monoisotopic (exact) mass is 221 g/mol. The second kappa shape index (κ2) is 3.44. The molecule has 0 radical (unpaired) electrons. The van der Waals surface area contributed by atoms with E-state index in [1.54, 1.807) is 0 Å². The number of likely N-dealkylation sites (tertiary alicyclic amines) is 2. The van der Waals surface area contributed by atoms with E-state index in [9.17, 15) is 0 Å². The summed E-state index contributed by atoms with van der Waals surface area (Å²) in [6, 6.07) is 2.60. The zero-order chi connectivity index (χ0) is 10.7. The lowest BCUT2D eigenvalue weighted by Gasteiger charge is -2.36. The maximum Gasteiger partial charge on any atom is 0.0236 e. The molecule has 3 heterocycles. The van der Waals surface area contributed by atoms with Gasteiger partial charge in [-0.25, -0.2) is 0 Å². The number of fused-ring (bicyclic) bond motifs is 4. The fourth-order valence-electron chi connectivity index (χ4n) is 4.82. The minimum Gasteiger partial charge on any atom is -0.311 e. The van der Waals surface area contributed by atoms with E-state index >= 15 is 0 Å². The lowest BCUT2D eigenvalue weighted by Crippen LogP contribution is -2.48. The number of hydrogen-bond donors (Lipinski definition) is 1. The topological polar surface area (TPSA) is 18.5 Å². The molecule has 90 valence electrons. The summed E-state index contributed by atoms with van der Waals surface area (Å²) in [6.07, 6.45) is 4.41. The van der Waals surface area contributed by atoms with Crippen LogP contribution >= 0.6 is 0 Å². The molecule has 1 N–H and O–H groups in total. The van der Waals surface area contributed by atoms with E-state index in [4.69, 9.17) is 0 Å². The Morgan fingerprint density at radius 2 is 2.12 bits per heavy atom. The quantitative estimate of drug-likeness (QED) is 0.727. The third kappa shape index (κ3) is 1.38. The molecule has 5 unspecified atom stereocenters. The maximum atomic E-state index is 3.60. The number of rotatable bonds is 2. The first-order valence-electron chi connectivity index (χ1n) is 6.97. The molecule has 0 aromatic heterocycles. The van der Waals surface area contributed by atoms with Crippen LogP contribution in [0.1, 0.15) is 19.3 Å². The molecule has 3 saturated heterocycles. The fraction of sp³-hybridized carbons (Fsp3) is 1.00. The number of piperidine rings is 1. The molecule has 16 heavy (non-hydrogen) atoms. The molecule has 0 aromatic carbocycles. The fourth-order valence-corrected chi connectivity index (χ4v) is 4.82. The molecule has 4 aliphatic rings. The van der Waals surface area contributed by atoms with E-state index in [0.717, 1.165) is 30.0 Å². The predicted molar refractivity (Wildman–Crippen MR) is 64.4 cm³/mol. The van der Waals surface area contributed by atoms with E-state index in [1.165, 1.54) is 45.4 Å². The van der Waals surface area contributed by atoms with Gasteiger partial charge in [0.25, 0.3) is 0 Å². The summed E-state index contributed by atoms with van der Waals surface area (Å²) in [4.78, 5) is 5.39. The molecule has 3 heteroatoms. The molecule has 4 rings (SSSR count). The van der Waals surface area contributed by atoms with Crippen LogP contribution in [0.15, 0.2) is 0 Å². The van der Waals surface area contributed by atoms with Crippen molar-refractivity contribution in [3.8, 4) is 0 Å². The van der Waals surface area contributed by atoms with E-state index < -0.39 is 0 Å². The van der Waals surface area contributed by atoms with Gasteiger partial charge in [0, 0.05) is 44.3 Å². The first-order chi connectivity index (χ1) is 7.79. The third-order valence-electron chi connectivity index (χ3n) is 5.51. The van der Waals surface area contributed by atoms with Gasteiger partial charge in [-0.1, -0.05) is 0 Å². The van der Waals surface area contributed by atoms with Gasteiger partial charge in [0.05, 0.1) is 0 Å². The highest BCUT2D eigenvalue weighted by atomic mass is 15.3. The molecular formula is C13H23N3. The Bertz CT molecular complexity index is 293. The van der Waals surface area contributed by atoms with Crippen LogP contribution in [0.4, 0.5) is 0 Å². The first kappa shape index (κ1) is 9.86. The van der Waals surface area contributed by atoms with Crippen molar-refractivity contribution in [1.29, 1.82) is 0 Å². The minimum absolute atomic E-state index is 0.821. The van der Waals surface area contributed by atoms with Crippen LogP contribution in [0.25, 0.3) is 0 Å². The Morgan fingerprint density at radius 3 is 2.75 bits per heavy atom. The highest BCUT2D eigenvalue weighted by Gasteiger charge is 2.46. The van der Waals surface area contributed by atoms with Crippen LogP contribution in [0.5, 0.6) is 0 Å². The van der Waals surface area contributed by atoms with Crippen molar-refractivity contribution in [3.63, 3.8) is 0 Å². The highest BCUT2D eigenvalue weighted by molar-refractivity contribution is 5.02. The third-order valence-corrected chi connectivity index (χ3v) is 5.51. The molecule has 3 aliphatic heterocycles. The van der Waals surface area contributed by atoms with E-state index in [2.05, 4.69) is 22.2 Å². The summed E-state index contributed by atoms with van der Waals surface area (Å²) in [5, 5.41) is 3.60. The highest BCUT2D eigenvalue weighted by Crippen LogP contribution is 2.42. The molecule has 0 spiro atoms. The van der Waals surface area contributed by atoms with Gasteiger partial charge >= 0.3 is 0 Å². The van der Waals surface area contributed by atoms with Crippen molar-refractivity contribution in [2.24, 2.45) is 11.8 Å². The number of hydrogen-bond acceptors (Lipinski definition) is 3. The van der Waals surface area contributed by atoms with Gasteiger partial charge in [-0.15, -0.1) is 0 Å². The van der Waals surface area contributed by atoms with Crippen LogP contribution in [-0.2, 0) is 0 Å². The lowest BCUT2D eigenvalue weighted by molar-refractivity contribution is 0.124. The SMILES string of the molecule is CN1CC2CC(CN3CC4CC3CN4)C1C2. The van der Waals surface area contributed by atoms with Gasteiger partial charge in [-0.2, -0.15) is 0 Å². The zero-order valence-electron chi connectivity index (χ0n) is 10.2. The van der Waals surface area contributed by atoms with Crippen molar-refractivity contribution in [2.45, 2.75) is 37.4 Å². The van der Waals surface area contributed by atoms with Gasteiger partial charge in [0.2, 0.25) is 0 Å². The van der Waals surface area contributed by atoms with Crippen LogP contribution in [0.2, 0.25) is 0 Å². The summed E-state index contributed by atoms with van der Waals surface area (Å²) in [6.45, 7) is 5.33. The van der Waals surface area contributed by atoms with Crippen molar-refractivity contribution in [3.05, 3.63) is 0 Å². The summed E-state index contributed by atoms with van der Waals surface area (Å²) < 4.78 is 0. The largest absolute Gasteiger partial charge is 0.311 e. The Labute approximate surface area is 98.2 Å². The zero-order valence-corrected chi connectivity index (χ0v) is 10.2. The van der Waals surface area contributed by atoms with Crippen LogP contribution < -0.4 is 5.32 Å². The van der Waals surface area contributed by atoms with Crippen LogP contribution in [-0.4, -0.2) is 61.2 Å². The van der Waals surface area contributed by atoms with E-state index in [1.807, 2.05) is 0 Å². The summed E-state index contributed by atoms with van der Waals surface area (Å²) >= 11 is 0. The van der Waals surface area contributed by atoms with Gasteiger partial charge in [0.1, 0.15) is 0 Å². The smallest absolute Gasteiger partial charge is 0.0236 e. The van der Waals surface area contributed by atoms with Crippen molar-refractivity contribution in [1.82, 2.24) is 15.1 Å². The Hall–Kier alpha value is -0.120. The number of nitrogens with zero attached hydrogens (tertiary/aromatic N) is 2. The molecule has 0 aromatic rings. The van der Waals surface area contributed by atoms with E-state index in [-0.39, 0.29) is 0 Å². The van der Waals surface area contributed by atoms with Crippen molar-refractivity contribution in [2.75, 3.05) is 33.2 Å². The first-order valence-corrected chi connectivity index (χ1v) is 6.97. The van der Waals surface area contributed by atoms with Gasteiger partial charge in [-0.05, 0) is 38.1 Å². The minimum atomic E-state index is 0.821.